The number of amides is 1. The minimum absolute atomic E-state index is 0.00171. The van der Waals surface area contributed by atoms with E-state index >= 15 is 0 Å². The second-order valence-electron chi connectivity index (χ2n) is 2.67. The lowest BCUT2D eigenvalue weighted by molar-refractivity contribution is 0.248. The van der Waals surface area contributed by atoms with Crippen LogP contribution in [-0.2, 0) is 0 Å². The molecule has 0 aromatic heterocycles. The first-order valence-corrected chi connectivity index (χ1v) is 4.59. The van der Waals surface area contributed by atoms with Crippen molar-refractivity contribution >= 4 is 26.5 Å². The van der Waals surface area contributed by atoms with Gasteiger partial charge < -0.3 is 5.32 Å². The summed E-state index contributed by atoms with van der Waals surface area (Å²) in [6, 6.07) is 0. The molecule has 0 saturated carbocycles. The van der Waals surface area contributed by atoms with Crippen molar-refractivity contribution in [2.45, 2.75) is 39.2 Å². The van der Waals surface area contributed by atoms with Gasteiger partial charge in [-0.15, -0.1) is 0 Å². The molecule has 0 aliphatic carbocycles. The summed E-state index contributed by atoms with van der Waals surface area (Å²) in [5.74, 6) is 0. The van der Waals surface area contributed by atoms with Crippen LogP contribution >= 0.6 is 22.6 Å². The average molecular weight is 255 g/mol. The lowest BCUT2D eigenvalue weighted by atomic mass is 9.96. The van der Waals surface area contributed by atoms with E-state index in [0.29, 0.717) is 0 Å². The maximum absolute atomic E-state index is 10.7. The third-order valence-electron chi connectivity index (χ3n) is 1.96. The van der Waals surface area contributed by atoms with Crippen LogP contribution in [-0.4, -0.2) is 9.45 Å². The molecule has 60 valence electrons. The highest BCUT2D eigenvalue weighted by molar-refractivity contribution is 14.1. The molecule has 1 amide bonds. The first-order valence-electron chi connectivity index (χ1n) is 3.51. The topological polar surface area (TPSA) is 29.1 Å². The van der Waals surface area contributed by atoms with Gasteiger partial charge in [0.15, 0.2) is 0 Å². The smallest absolute Gasteiger partial charge is 0.281 e. The quantitative estimate of drug-likeness (QED) is 0.469. The van der Waals surface area contributed by atoms with Crippen molar-refractivity contribution in [1.29, 1.82) is 0 Å². The normalized spacial score (nSPS) is 11.2. The molecule has 0 saturated heterocycles. The number of carbonyl (C=O) groups is 1. The highest BCUT2D eigenvalue weighted by atomic mass is 127. The van der Waals surface area contributed by atoms with Gasteiger partial charge in [-0.25, -0.2) is 0 Å². The molecule has 3 heteroatoms. The minimum Gasteiger partial charge on any atom is -0.342 e. The Kier molecular flexibility index (Phi) is 4.24. The Labute approximate surface area is 75.9 Å². The van der Waals surface area contributed by atoms with Gasteiger partial charge in [-0.2, -0.15) is 0 Å². The molecular formula is C7H14INO. The highest BCUT2D eigenvalue weighted by Crippen LogP contribution is 2.14. The van der Waals surface area contributed by atoms with E-state index in [2.05, 4.69) is 26.1 Å². The van der Waals surface area contributed by atoms with Gasteiger partial charge in [0, 0.05) is 28.1 Å². The second kappa shape index (κ2) is 4.16. The Hall–Kier alpha value is 0.200. The van der Waals surface area contributed by atoms with E-state index in [1.54, 1.807) is 22.6 Å². The molecule has 1 N–H and O–H groups in total. The Morgan fingerprint density at radius 2 is 1.90 bits per heavy atom. The molecule has 0 aliphatic rings. The van der Waals surface area contributed by atoms with E-state index in [4.69, 9.17) is 0 Å². The van der Waals surface area contributed by atoms with E-state index < -0.39 is 0 Å². The van der Waals surface area contributed by atoms with Crippen LogP contribution in [0.5, 0.6) is 0 Å². The number of carbonyl (C=O) groups excluding carboxylic acids is 1. The van der Waals surface area contributed by atoms with Gasteiger partial charge in [-0.3, -0.25) is 4.79 Å². The van der Waals surface area contributed by atoms with Crippen LogP contribution in [0.1, 0.15) is 33.6 Å². The van der Waals surface area contributed by atoms with E-state index in [9.17, 15) is 4.79 Å². The minimum atomic E-state index is -0.00171. The highest BCUT2D eigenvalue weighted by Gasteiger charge is 2.19. The Bertz CT molecular complexity index is 121. The Balaban J connectivity index is 3.92. The van der Waals surface area contributed by atoms with Crippen molar-refractivity contribution in [3.05, 3.63) is 0 Å². The monoisotopic (exact) mass is 255 g/mol. The molecule has 0 rings (SSSR count). The van der Waals surface area contributed by atoms with Crippen LogP contribution in [0.3, 0.4) is 0 Å². The summed E-state index contributed by atoms with van der Waals surface area (Å²) in [6.07, 6.45) is 1.97. The van der Waals surface area contributed by atoms with Gasteiger partial charge in [0.2, 0.25) is 0 Å². The standard InChI is InChI=1S/C7H14INO/c1-4-7(3,5-2)9-6(8)10/h4-5H2,1-3H3,(H,9,10). The van der Waals surface area contributed by atoms with Gasteiger partial charge in [0.05, 0.1) is 0 Å². The third kappa shape index (κ3) is 3.39. The molecule has 0 fully saturated rings. The van der Waals surface area contributed by atoms with Gasteiger partial charge in [0.1, 0.15) is 0 Å². The van der Waals surface area contributed by atoms with Crippen LogP contribution in [0.2, 0.25) is 0 Å². The van der Waals surface area contributed by atoms with Gasteiger partial charge >= 0.3 is 0 Å². The zero-order chi connectivity index (χ0) is 8.20. The SMILES string of the molecule is CCC(C)(CC)NC(=O)I. The average Bonchev–Trinajstić information content (AvgIpc) is 1.87. The van der Waals surface area contributed by atoms with Gasteiger partial charge in [-0.1, -0.05) is 13.8 Å². The number of hydrogen-bond donors (Lipinski definition) is 1. The van der Waals surface area contributed by atoms with Crippen molar-refractivity contribution in [1.82, 2.24) is 5.32 Å². The Morgan fingerprint density at radius 1 is 1.50 bits per heavy atom. The van der Waals surface area contributed by atoms with Crippen molar-refractivity contribution in [3.63, 3.8) is 0 Å². The zero-order valence-electron chi connectivity index (χ0n) is 6.70. The predicted octanol–water partition coefficient (Wildman–Crippen LogP) is 2.71. The van der Waals surface area contributed by atoms with Crippen molar-refractivity contribution < 1.29 is 4.79 Å². The number of nitrogens with one attached hydrogen (secondary N) is 1. The fraction of sp³-hybridized carbons (Fsp3) is 0.857. The molecular weight excluding hydrogens is 241 g/mol. The summed E-state index contributed by atoms with van der Waals surface area (Å²) in [4.78, 5) is 10.7. The molecule has 0 radical (unpaired) electrons. The van der Waals surface area contributed by atoms with E-state index in [1.807, 2.05) is 0 Å². The first-order chi connectivity index (χ1) is 4.54. The molecule has 0 unspecified atom stereocenters. The van der Waals surface area contributed by atoms with Crippen molar-refractivity contribution in [3.8, 4) is 0 Å². The van der Waals surface area contributed by atoms with Crippen LogP contribution in [0, 0.1) is 0 Å². The largest absolute Gasteiger partial charge is 0.342 e. The summed E-state index contributed by atoms with van der Waals surface area (Å²) >= 11 is 1.76. The lowest BCUT2D eigenvalue weighted by Gasteiger charge is -2.26. The van der Waals surface area contributed by atoms with Crippen molar-refractivity contribution in [2.75, 3.05) is 0 Å². The number of hydrogen-bond acceptors (Lipinski definition) is 1. The fourth-order valence-electron chi connectivity index (χ4n) is 0.664. The van der Waals surface area contributed by atoms with E-state index in [-0.39, 0.29) is 9.45 Å². The van der Waals surface area contributed by atoms with Gasteiger partial charge in [0.25, 0.3) is 3.91 Å². The fourth-order valence-corrected chi connectivity index (χ4v) is 1.32. The summed E-state index contributed by atoms with van der Waals surface area (Å²) < 4.78 is 0.0313. The molecule has 0 spiro atoms. The summed E-state index contributed by atoms with van der Waals surface area (Å²) in [7, 11) is 0. The molecule has 0 bridgehead atoms. The van der Waals surface area contributed by atoms with Crippen molar-refractivity contribution in [2.24, 2.45) is 0 Å². The first kappa shape index (κ1) is 10.2. The molecule has 0 aromatic carbocycles. The summed E-state index contributed by atoms with van der Waals surface area (Å²) in [6.45, 7) is 6.22. The van der Waals surface area contributed by atoms with Gasteiger partial charge in [-0.05, 0) is 19.8 Å². The van der Waals surface area contributed by atoms with Crippen LogP contribution < -0.4 is 5.32 Å². The molecule has 0 aliphatic heterocycles. The molecule has 0 atom stereocenters. The summed E-state index contributed by atoms with van der Waals surface area (Å²) in [5.41, 5.74) is -0.00171. The molecule has 10 heavy (non-hydrogen) atoms. The number of rotatable bonds is 3. The maximum atomic E-state index is 10.7. The zero-order valence-corrected chi connectivity index (χ0v) is 8.86. The Morgan fingerprint density at radius 3 is 2.00 bits per heavy atom. The van der Waals surface area contributed by atoms with E-state index in [1.165, 1.54) is 0 Å². The number of halogens is 1. The summed E-state index contributed by atoms with van der Waals surface area (Å²) in [5, 5.41) is 2.90. The maximum Gasteiger partial charge on any atom is 0.281 e. The van der Waals surface area contributed by atoms with Crippen LogP contribution in [0.4, 0.5) is 4.79 Å². The predicted molar refractivity (Wildman–Crippen MR) is 51.5 cm³/mol. The molecule has 0 aromatic rings. The second-order valence-corrected chi connectivity index (χ2v) is 3.65. The van der Waals surface area contributed by atoms with Crippen LogP contribution in [0.25, 0.3) is 0 Å². The third-order valence-corrected chi connectivity index (χ3v) is 2.23. The molecule has 0 heterocycles. The van der Waals surface area contributed by atoms with Crippen LogP contribution in [0.15, 0.2) is 0 Å². The lowest BCUT2D eigenvalue weighted by Crippen LogP contribution is -2.42. The van der Waals surface area contributed by atoms with E-state index in [0.717, 1.165) is 12.8 Å². The molecule has 2 nitrogen and oxygen atoms in total.